The van der Waals surface area contributed by atoms with Crippen molar-refractivity contribution in [2.75, 3.05) is 0 Å². The quantitative estimate of drug-likeness (QED) is 0.773. The summed E-state index contributed by atoms with van der Waals surface area (Å²) in [4.78, 5) is 0. The number of hydrogen-bond donors (Lipinski definition) is 2. The van der Waals surface area contributed by atoms with Crippen molar-refractivity contribution >= 4 is 0 Å². The highest BCUT2D eigenvalue weighted by atomic mass is 15.0. The van der Waals surface area contributed by atoms with Crippen LogP contribution in [0.2, 0.25) is 0 Å². The Morgan fingerprint density at radius 3 is 2.19 bits per heavy atom. The van der Waals surface area contributed by atoms with Gasteiger partial charge in [0.15, 0.2) is 0 Å². The molecule has 0 aromatic heterocycles. The van der Waals surface area contributed by atoms with Gasteiger partial charge in [0, 0.05) is 18.1 Å². The summed E-state index contributed by atoms with van der Waals surface area (Å²) < 4.78 is 0. The van der Waals surface area contributed by atoms with Crippen molar-refractivity contribution in [1.29, 1.82) is 0 Å². The van der Waals surface area contributed by atoms with Gasteiger partial charge in [-0.3, -0.25) is 0 Å². The molecule has 3 N–H and O–H groups in total. The van der Waals surface area contributed by atoms with E-state index in [4.69, 9.17) is 5.73 Å². The summed E-state index contributed by atoms with van der Waals surface area (Å²) in [5.41, 5.74) is 5.94. The topological polar surface area (TPSA) is 38.0 Å². The van der Waals surface area contributed by atoms with Gasteiger partial charge in [0.25, 0.3) is 0 Å². The lowest BCUT2D eigenvalue weighted by Gasteiger charge is -2.34. The fourth-order valence-electron chi connectivity index (χ4n) is 3.43. The average Bonchev–Trinajstić information content (AvgIpc) is 2.33. The molecule has 94 valence electrons. The Morgan fingerprint density at radius 2 is 1.56 bits per heavy atom. The van der Waals surface area contributed by atoms with Gasteiger partial charge >= 0.3 is 0 Å². The first kappa shape index (κ1) is 12.4. The van der Waals surface area contributed by atoms with E-state index in [1.54, 1.807) is 0 Å². The van der Waals surface area contributed by atoms with E-state index in [0.29, 0.717) is 6.04 Å². The van der Waals surface area contributed by atoms with E-state index < -0.39 is 0 Å². The van der Waals surface area contributed by atoms with Crippen molar-refractivity contribution in [3.63, 3.8) is 0 Å². The Bertz CT molecular complexity index is 191. The molecule has 16 heavy (non-hydrogen) atoms. The second-order valence-electron chi connectivity index (χ2n) is 5.97. The molecule has 2 heteroatoms. The molecule has 0 unspecified atom stereocenters. The van der Waals surface area contributed by atoms with Gasteiger partial charge in [-0.2, -0.15) is 0 Å². The molecule has 0 aliphatic heterocycles. The predicted molar refractivity (Wildman–Crippen MR) is 69.4 cm³/mol. The Balaban J connectivity index is 1.71. The highest BCUT2D eigenvalue weighted by molar-refractivity contribution is 4.83. The summed E-state index contributed by atoms with van der Waals surface area (Å²) >= 11 is 0. The Labute approximate surface area is 100 Å². The van der Waals surface area contributed by atoms with Gasteiger partial charge in [-0.25, -0.2) is 0 Å². The second kappa shape index (κ2) is 6.02. The summed E-state index contributed by atoms with van der Waals surface area (Å²) in [6.07, 6.45) is 12.3. The Morgan fingerprint density at radius 1 is 0.938 bits per heavy atom. The summed E-state index contributed by atoms with van der Waals surface area (Å²) in [7, 11) is 0. The highest BCUT2D eigenvalue weighted by Gasteiger charge is 2.24. The zero-order valence-electron chi connectivity index (χ0n) is 10.8. The van der Waals surface area contributed by atoms with E-state index in [9.17, 15) is 0 Å². The van der Waals surface area contributed by atoms with E-state index in [-0.39, 0.29) is 0 Å². The molecule has 2 aliphatic carbocycles. The first-order valence-electron chi connectivity index (χ1n) is 7.27. The minimum atomic E-state index is 0.475. The molecule has 0 spiro atoms. The van der Waals surface area contributed by atoms with Crippen LogP contribution < -0.4 is 11.1 Å². The molecule has 2 aliphatic rings. The maximum Gasteiger partial charge on any atom is 0.00708 e. The van der Waals surface area contributed by atoms with Crippen molar-refractivity contribution in [1.82, 2.24) is 5.32 Å². The third-order valence-electron chi connectivity index (χ3n) is 4.63. The second-order valence-corrected chi connectivity index (χ2v) is 5.97. The molecule has 0 radical (unpaired) electrons. The lowest BCUT2D eigenvalue weighted by Crippen LogP contribution is -2.44. The van der Waals surface area contributed by atoms with Gasteiger partial charge < -0.3 is 11.1 Å². The van der Waals surface area contributed by atoms with E-state index in [1.807, 2.05) is 0 Å². The molecular formula is C14H28N2. The third-order valence-corrected chi connectivity index (χ3v) is 4.63. The lowest BCUT2D eigenvalue weighted by atomic mass is 9.83. The van der Waals surface area contributed by atoms with Gasteiger partial charge in [0.05, 0.1) is 0 Å². The highest BCUT2D eigenvalue weighted by Crippen LogP contribution is 2.27. The first-order chi connectivity index (χ1) is 7.75. The summed E-state index contributed by atoms with van der Waals surface area (Å²) in [5.74, 6) is 0.935. The van der Waals surface area contributed by atoms with E-state index >= 15 is 0 Å². The van der Waals surface area contributed by atoms with Crippen molar-refractivity contribution in [2.24, 2.45) is 11.7 Å². The van der Waals surface area contributed by atoms with Gasteiger partial charge in [0.2, 0.25) is 0 Å². The van der Waals surface area contributed by atoms with Crippen LogP contribution in [0.3, 0.4) is 0 Å². The van der Waals surface area contributed by atoms with Crippen molar-refractivity contribution in [3.05, 3.63) is 0 Å². The van der Waals surface area contributed by atoms with Crippen LogP contribution in [0.1, 0.15) is 64.7 Å². The van der Waals surface area contributed by atoms with Crippen LogP contribution in [-0.2, 0) is 0 Å². The van der Waals surface area contributed by atoms with Crippen LogP contribution in [0.5, 0.6) is 0 Å². The smallest absolute Gasteiger partial charge is 0.00708 e. The molecule has 0 heterocycles. The third kappa shape index (κ3) is 3.46. The largest absolute Gasteiger partial charge is 0.328 e. The van der Waals surface area contributed by atoms with Crippen molar-refractivity contribution < 1.29 is 0 Å². The van der Waals surface area contributed by atoms with Crippen LogP contribution in [0.15, 0.2) is 0 Å². The van der Waals surface area contributed by atoms with Gasteiger partial charge in [0.1, 0.15) is 0 Å². The Kier molecular flexibility index (Phi) is 4.66. The molecule has 0 bridgehead atoms. The van der Waals surface area contributed by atoms with Crippen LogP contribution in [-0.4, -0.2) is 18.1 Å². The number of nitrogens with two attached hydrogens (primary N) is 1. The summed E-state index contributed by atoms with van der Waals surface area (Å²) in [6, 6.07) is 1.94. The van der Waals surface area contributed by atoms with Gasteiger partial charge in [-0.15, -0.1) is 0 Å². The van der Waals surface area contributed by atoms with Crippen LogP contribution in [0.25, 0.3) is 0 Å². The fraction of sp³-hybridized carbons (Fsp3) is 1.00. The molecule has 0 aromatic rings. The fourth-order valence-corrected chi connectivity index (χ4v) is 3.43. The van der Waals surface area contributed by atoms with Crippen LogP contribution >= 0.6 is 0 Å². The van der Waals surface area contributed by atoms with E-state index in [1.165, 1.54) is 57.8 Å². The molecule has 1 atom stereocenters. The zero-order chi connectivity index (χ0) is 11.4. The Hall–Kier alpha value is -0.0800. The van der Waals surface area contributed by atoms with E-state index in [0.717, 1.165) is 18.0 Å². The maximum atomic E-state index is 5.94. The summed E-state index contributed by atoms with van der Waals surface area (Å²) in [5, 5.41) is 3.85. The normalized spacial score (nSPS) is 34.9. The molecule has 2 saturated carbocycles. The van der Waals surface area contributed by atoms with E-state index in [2.05, 4.69) is 12.2 Å². The molecular weight excluding hydrogens is 196 g/mol. The zero-order valence-corrected chi connectivity index (χ0v) is 10.8. The SMILES string of the molecule is C[C@H](NC1CCC(N)CC1)C1CCCCC1. The van der Waals surface area contributed by atoms with Crippen LogP contribution in [0.4, 0.5) is 0 Å². The molecule has 0 amide bonds. The molecule has 0 aromatic carbocycles. The number of hydrogen-bond acceptors (Lipinski definition) is 2. The van der Waals surface area contributed by atoms with Crippen molar-refractivity contribution in [3.8, 4) is 0 Å². The number of nitrogens with one attached hydrogen (secondary N) is 1. The average molecular weight is 224 g/mol. The summed E-state index contributed by atoms with van der Waals surface area (Å²) in [6.45, 7) is 2.39. The van der Waals surface area contributed by atoms with Gasteiger partial charge in [-0.1, -0.05) is 19.3 Å². The minimum absolute atomic E-state index is 0.475. The molecule has 0 saturated heterocycles. The number of rotatable bonds is 3. The predicted octanol–water partition coefficient (Wildman–Crippen LogP) is 2.81. The van der Waals surface area contributed by atoms with Gasteiger partial charge in [-0.05, 0) is 51.4 Å². The lowest BCUT2D eigenvalue weighted by molar-refractivity contribution is 0.238. The van der Waals surface area contributed by atoms with Crippen molar-refractivity contribution in [2.45, 2.75) is 82.8 Å². The molecule has 2 rings (SSSR count). The minimum Gasteiger partial charge on any atom is -0.328 e. The first-order valence-corrected chi connectivity index (χ1v) is 7.27. The maximum absolute atomic E-state index is 5.94. The molecule has 2 nitrogen and oxygen atoms in total. The monoisotopic (exact) mass is 224 g/mol. The standard InChI is InChI=1S/C14H28N2/c1-11(12-5-3-2-4-6-12)16-14-9-7-13(15)8-10-14/h11-14,16H,2-10,15H2,1H3/t11-,13?,14?/m0/s1. The van der Waals surface area contributed by atoms with Crippen LogP contribution in [0, 0.1) is 5.92 Å². The molecule has 2 fully saturated rings.